The van der Waals surface area contributed by atoms with Crippen LogP contribution >= 0.6 is 0 Å². The van der Waals surface area contributed by atoms with Gasteiger partial charge in [-0.25, -0.2) is 28.4 Å². The summed E-state index contributed by atoms with van der Waals surface area (Å²) < 4.78 is 72.1. The molecule has 4 heterocycles. The smallest absolute Gasteiger partial charge is 0.417 e. The van der Waals surface area contributed by atoms with Gasteiger partial charge in [-0.1, -0.05) is 0 Å². The quantitative estimate of drug-likeness (QED) is 0.117. The van der Waals surface area contributed by atoms with Crippen molar-refractivity contribution in [1.29, 1.82) is 5.26 Å². The van der Waals surface area contributed by atoms with Crippen LogP contribution in [-0.2, 0) is 25.6 Å². The first-order valence-electron chi connectivity index (χ1n) is 18.4. The van der Waals surface area contributed by atoms with Crippen molar-refractivity contribution in [3.63, 3.8) is 0 Å². The third-order valence-corrected chi connectivity index (χ3v) is 11.4. The third-order valence-electron chi connectivity index (χ3n) is 9.43. The van der Waals surface area contributed by atoms with Crippen LogP contribution in [-0.4, -0.2) is 93.1 Å². The molecule has 20 heteroatoms. The number of aliphatic hydroxyl groups is 1. The molecule has 5 aromatic rings. The highest BCUT2D eigenvalue weighted by atomic mass is 32.2. The minimum absolute atomic E-state index is 0.0898. The van der Waals surface area contributed by atoms with Gasteiger partial charge in [0.25, 0.3) is 5.91 Å². The van der Waals surface area contributed by atoms with Gasteiger partial charge in [-0.05, 0) is 94.6 Å². The number of hydrogen-bond donors (Lipinski definition) is 3. The number of ether oxygens (including phenoxy) is 1. The lowest BCUT2D eigenvalue weighted by Gasteiger charge is -2.35. The highest BCUT2D eigenvalue weighted by Crippen LogP contribution is 2.35. The number of aromatic amines is 1. The number of carbonyl (C=O) groups excluding carboxylic acids is 2. The Morgan fingerprint density at radius 3 is 2.46 bits per heavy atom. The van der Waals surface area contributed by atoms with Crippen LogP contribution in [0.25, 0.3) is 22.8 Å². The molecule has 6 rings (SSSR count). The highest BCUT2D eigenvalue weighted by molar-refractivity contribution is 7.91. The predicted molar refractivity (Wildman–Crippen MR) is 209 cm³/mol. The van der Waals surface area contributed by atoms with E-state index in [0.717, 1.165) is 37.5 Å². The zero-order chi connectivity index (χ0) is 42.5. The van der Waals surface area contributed by atoms with E-state index < -0.39 is 44.4 Å². The van der Waals surface area contributed by atoms with Gasteiger partial charge in [0.15, 0.2) is 32.9 Å². The fourth-order valence-corrected chi connectivity index (χ4v) is 7.99. The largest absolute Gasteiger partial charge is 0.494 e. The molecule has 0 saturated heterocycles. The summed E-state index contributed by atoms with van der Waals surface area (Å²) in [5.41, 5.74) is -2.20. The SMILES string of the molecule is CCN1C(=O)CN(CCCCCOc2ccc(S(=O)(=O)C[C@](C)(O)C(=O)Nc3ccc(C#N)c(C(F)(F)F)c3)cc2)c2ncc(-c3ccc(-c4nc[nH]n4)nc3C)nc21. The van der Waals surface area contributed by atoms with E-state index in [-0.39, 0.29) is 23.0 Å². The van der Waals surface area contributed by atoms with E-state index in [1.807, 2.05) is 24.8 Å². The molecule has 16 nitrogen and oxygen atoms in total. The normalized spacial score (nSPS) is 14.0. The second-order valence-corrected chi connectivity index (χ2v) is 15.8. The molecule has 0 unspecified atom stereocenters. The Balaban J connectivity index is 0.995. The Kier molecular flexibility index (Phi) is 12.3. The maximum atomic E-state index is 13.3. The Hall–Kier alpha value is -6.46. The number of nitrogens with one attached hydrogen (secondary N) is 2. The minimum Gasteiger partial charge on any atom is -0.494 e. The summed E-state index contributed by atoms with van der Waals surface area (Å²) in [5.74, 6) is -0.469. The van der Waals surface area contributed by atoms with Gasteiger partial charge in [0.2, 0.25) is 5.91 Å². The molecule has 0 bridgehead atoms. The number of unbranched alkanes of at least 4 members (excludes halogenated alkanes) is 2. The standard InChI is InChI=1S/C39H39F3N10O6S/c1-4-52-33(53)21-51(35-36(52)49-32(20-44-35)29-14-15-31(47-24(29)2)34-45-23-46-50-34)16-6-5-7-17-58-27-10-12-28(13-11-27)59(56,57)22-38(3,55)37(54)48-26-9-8-25(19-43)30(18-26)39(40,41)42/h8-15,18,20,23,55H,4-7,16-17,21-22H2,1-3H3,(H,48,54)(H,45,46,50)/t38-/m0/s1. The molecule has 0 aliphatic carbocycles. The minimum atomic E-state index is -4.88. The van der Waals surface area contributed by atoms with E-state index in [9.17, 15) is 36.3 Å². The van der Waals surface area contributed by atoms with E-state index in [1.165, 1.54) is 36.7 Å². The van der Waals surface area contributed by atoms with Crippen molar-refractivity contribution < 1.29 is 41.0 Å². The maximum Gasteiger partial charge on any atom is 0.417 e. The molecule has 1 aliphatic rings. The number of aryl methyl sites for hydroxylation is 1. The van der Waals surface area contributed by atoms with Crippen LogP contribution in [0.2, 0.25) is 0 Å². The van der Waals surface area contributed by atoms with Crippen LogP contribution in [0.4, 0.5) is 30.5 Å². The van der Waals surface area contributed by atoms with Crippen molar-refractivity contribution in [2.45, 2.75) is 56.7 Å². The Morgan fingerprint density at radius 1 is 1.03 bits per heavy atom. The molecule has 0 radical (unpaired) electrons. The number of H-pyrrole nitrogens is 1. The molecule has 3 aromatic heterocycles. The molecular formula is C39H39F3N10O6S. The van der Waals surface area contributed by atoms with Gasteiger partial charge in [0.05, 0.1) is 52.9 Å². The second kappa shape index (κ2) is 17.2. The van der Waals surface area contributed by atoms with Crippen LogP contribution in [0.5, 0.6) is 5.75 Å². The Labute approximate surface area is 337 Å². The molecular weight excluding hydrogens is 794 g/mol. The molecule has 1 aliphatic heterocycles. The average Bonchev–Trinajstić information content (AvgIpc) is 3.74. The number of nitrogens with zero attached hydrogens (tertiary/aromatic N) is 8. The first-order chi connectivity index (χ1) is 28.0. The number of fused-ring (bicyclic) bond motifs is 1. The first kappa shape index (κ1) is 42.2. The molecule has 3 N–H and O–H groups in total. The van der Waals surface area contributed by atoms with Gasteiger partial charge in [0, 0.05) is 30.0 Å². The average molecular weight is 833 g/mol. The Morgan fingerprint density at radius 2 is 1.80 bits per heavy atom. The van der Waals surface area contributed by atoms with Crippen molar-refractivity contribution >= 4 is 39.0 Å². The molecule has 1 atom stereocenters. The number of alkyl halides is 3. The van der Waals surface area contributed by atoms with Crippen molar-refractivity contribution in [2.24, 2.45) is 0 Å². The van der Waals surface area contributed by atoms with Gasteiger partial charge >= 0.3 is 6.18 Å². The van der Waals surface area contributed by atoms with E-state index in [2.05, 4.69) is 25.5 Å². The van der Waals surface area contributed by atoms with Crippen LogP contribution in [0.3, 0.4) is 0 Å². The number of amides is 2. The monoisotopic (exact) mass is 832 g/mol. The Bertz CT molecular complexity index is 2490. The van der Waals surface area contributed by atoms with Gasteiger partial charge in [-0.3, -0.25) is 19.6 Å². The number of sulfone groups is 1. The number of benzene rings is 2. The van der Waals surface area contributed by atoms with Crippen molar-refractivity contribution in [3.8, 4) is 34.6 Å². The first-order valence-corrected chi connectivity index (χ1v) is 20.0. The molecule has 0 saturated carbocycles. The summed E-state index contributed by atoms with van der Waals surface area (Å²) in [6.45, 7) is 6.12. The maximum absolute atomic E-state index is 13.3. The number of pyridine rings is 1. The van der Waals surface area contributed by atoms with Crippen molar-refractivity contribution in [1.82, 2.24) is 30.1 Å². The lowest BCUT2D eigenvalue weighted by molar-refractivity contribution is -0.138. The summed E-state index contributed by atoms with van der Waals surface area (Å²) in [4.78, 5) is 47.6. The molecule has 308 valence electrons. The van der Waals surface area contributed by atoms with Gasteiger partial charge in [0.1, 0.15) is 17.8 Å². The zero-order valence-electron chi connectivity index (χ0n) is 32.1. The summed E-state index contributed by atoms with van der Waals surface area (Å²) in [6, 6.07) is 12.9. The van der Waals surface area contributed by atoms with Gasteiger partial charge in [-0.15, -0.1) is 0 Å². The van der Waals surface area contributed by atoms with E-state index in [0.29, 0.717) is 72.5 Å². The van der Waals surface area contributed by atoms with Crippen molar-refractivity contribution in [3.05, 3.63) is 83.9 Å². The number of hydrogen-bond acceptors (Lipinski definition) is 13. The zero-order valence-corrected chi connectivity index (χ0v) is 32.9. The predicted octanol–water partition coefficient (Wildman–Crippen LogP) is 5.11. The van der Waals surface area contributed by atoms with Crippen LogP contribution in [0.15, 0.2) is 72.0 Å². The number of anilines is 3. The molecule has 2 amide bonds. The number of halogens is 3. The highest BCUT2D eigenvalue weighted by Gasteiger charge is 2.38. The summed E-state index contributed by atoms with van der Waals surface area (Å²) in [6.07, 6.45) is 0.383. The van der Waals surface area contributed by atoms with Crippen LogP contribution in [0, 0.1) is 18.3 Å². The molecule has 0 fully saturated rings. The topological polar surface area (TPSA) is 220 Å². The summed E-state index contributed by atoms with van der Waals surface area (Å²) >= 11 is 0. The van der Waals surface area contributed by atoms with E-state index >= 15 is 0 Å². The van der Waals surface area contributed by atoms with Crippen LogP contribution < -0.4 is 19.9 Å². The number of likely N-dealkylation sites (N-methyl/N-ethyl adjacent to an activating group) is 1. The molecule has 0 spiro atoms. The summed E-state index contributed by atoms with van der Waals surface area (Å²) in [5, 5.41) is 28.6. The van der Waals surface area contributed by atoms with Crippen molar-refractivity contribution in [2.75, 3.05) is 47.1 Å². The van der Waals surface area contributed by atoms with E-state index in [1.54, 1.807) is 17.2 Å². The number of carbonyl (C=O) groups is 2. The number of aromatic nitrogens is 6. The lowest BCUT2D eigenvalue weighted by Crippen LogP contribution is -2.47. The van der Waals surface area contributed by atoms with E-state index in [4.69, 9.17) is 20.0 Å². The number of nitriles is 1. The lowest BCUT2D eigenvalue weighted by atomic mass is 10.1. The number of rotatable bonds is 15. The summed E-state index contributed by atoms with van der Waals surface area (Å²) in [7, 11) is -4.25. The fraction of sp³-hybridized carbons (Fsp3) is 0.333. The van der Waals surface area contributed by atoms with Gasteiger partial charge in [-0.2, -0.15) is 23.5 Å². The third kappa shape index (κ3) is 9.64. The van der Waals surface area contributed by atoms with Gasteiger partial charge < -0.3 is 20.1 Å². The van der Waals surface area contributed by atoms with Crippen LogP contribution in [0.1, 0.15) is 49.9 Å². The molecule has 2 aromatic carbocycles. The molecule has 59 heavy (non-hydrogen) atoms. The fourth-order valence-electron chi connectivity index (χ4n) is 6.40. The second-order valence-electron chi connectivity index (χ2n) is 13.9.